The monoisotopic (exact) mass is 507 g/mol. The highest BCUT2D eigenvalue weighted by Gasteiger charge is 2.28. The van der Waals surface area contributed by atoms with Crippen molar-refractivity contribution in [3.8, 4) is 18.1 Å². The fourth-order valence-electron chi connectivity index (χ4n) is 3.82. The zero-order valence-electron chi connectivity index (χ0n) is 21.0. The minimum atomic E-state index is -0.987. The van der Waals surface area contributed by atoms with Crippen molar-refractivity contribution in [1.29, 1.82) is 0 Å². The van der Waals surface area contributed by atoms with Crippen molar-refractivity contribution in [3.63, 3.8) is 0 Å². The molecule has 0 unspecified atom stereocenters. The molecule has 1 heterocycles. The molecule has 2 atom stereocenters. The normalized spacial score (nSPS) is 15.0. The number of esters is 1. The number of methoxy groups -OCH3 is 1. The molecule has 0 saturated carbocycles. The molecule has 9 heteroatoms. The third kappa shape index (κ3) is 9.26. The van der Waals surface area contributed by atoms with Crippen LogP contribution in [0.15, 0.2) is 54.6 Å². The Hall–Kier alpha value is -3.87. The van der Waals surface area contributed by atoms with Crippen LogP contribution in [0.5, 0.6) is 5.75 Å². The van der Waals surface area contributed by atoms with E-state index in [1.165, 1.54) is 0 Å². The number of carbonyl (C=O) groups is 3. The topological polar surface area (TPSA) is 106 Å². The van der Waals surface area contributed by atoms with Crippen LogP contribution < -0.4 is 15.4 Å². The zero-order chi connectivity index (χ0) is 26.5. The van der Waals surface area contributed by atoms with Gasteiger partial charge in [0.1, 0.15) is 24.4 Å². The highest BCUT2D eigenvalue weighted by Crippen LogP contribution is 2.14. The van der Waals surface area contributed by atoms with Crippen molar-refractivity contribution in [2.45, 2.75) is 31.5 Å². The van der Waals surface area contributed by atoms with Crippen LogP contribution in [0.25, 0.3) is 0 Å². The Morgan fingerprint density at radius 3 is 2.35 bits per heavy atom. The quantitative estimate of drug-likeness (QED) is 0.330. The number of morpholine rings is 1. The first-order valence-electron chi connectivity index (χ1n) is 12.1. The van der Waals surface area contributed by atoms with Gasteiger partial charge in [0.2, 0.25) is 11.8 Å². The molecule has 3 rings (SSSR count). The van der Waals surface area contributed by atoms with Crippen molar-refractivity contribution in [2.75, 3.05) is 40.0 Å². The molecular formula is C28H33N3O6. The number of nitrogens with zero attached hydrogens (tertiary/aromatic N) is 1. The molecule has 1 saturated heterocycles. The fraction of sp³-hybridized carbons (Fsp3) is 0.393. The Balaban J connectivity index is 1.67. The summed E-state index contributed by atoms with van der Waals surface area (Å²) in [5, 5.41) is 5.44. The van der Waals surface area contributed by atoms with E-state index < -0.39 is 24.0 Å². The van der Waals surface area contributed by atoms with E-state index >= 15 is 0 Å². The van der Waals surface area contributed by atoms with E-state index in [2.05, 4.69) is 16.6 Å². The Labute approximate surface area is 217 Å². The van der Waals surface area contributed by atoms with Gasteiger partial charge in [-0.3, -0.25) is 14.5 Å². The second kappa shape index (κ2) is 14.6. The van der Waals surface area contributed by atoms with Crippen LogP contribution in [0, 0.1) is 12.3 Å². The van der Waals surface area contributed by atoms with Gasteiger partial charge in [-0.15, -0.1) is 12.3 Å². The van der Waals surface area contributed by atoms with E-state index in [1.54, 1.807) is 19.2 Å². The number of hydrogen-bond donors (Lipinski definition) is 2. The molecule has 0 bridgehead atoms. The lowest BCUT2D eigenvalue weighted by atomic mass is 10.0. The van der Waals surface area contributed by atoms with Crippen LogP contribution in [0.2, 0.25) is 0 Å². The highest BCUT2D eigenvalue weighted by molar-refractivity contribution is 5.91. The molecule has 196 valence electrons. The summed E-state index contributed by atoms with van der Waals surface area (Å²) in [5.41, 5.74) is 1.62. The van der Waals surface area contributed by atoms with Gasteiger partial charge in [0.25, 0.3) is 0 Å². The molecule has 0 radical (unpaired) electrons. The first-order chi connectivity index (χ1) is 18.0. The summed E-state index contributed by atoms with van der Waals surface area (Å²) in [4.78, 5) is 40.7. The highest BCUT2D eigenvalue weighted by atomic mass is 16.5. The van der Waals surface area contributed by atoms with Gasteiger partial charge in [-0.1, -0.05) is 42.5 Å². The lowest BCUT2D eigenvalue weighted by molar-refractivity contribution is -0.149. The predicted octanol–water partition coefficient (Wildman–Crippen LogP) is 1.31. The number of terminal acetylenes is 1. The lowest BCUT2D eigenvalue weighted by Crippen LogP contribution is -2.54. The fourth-order valence-corrected chi connectivity index (χ4v) is 3.82. The van der Waals surface area contributed by atoms with Gasteiger partial charge in [0, 0.05) is 25.9 Å². The summed E-state index contributed by atoms with van der Waals surface area (Å²) in [6, 6.07) is 14.5. The molecule has 1 fully saturated rings. The maximum Gasteiger partial charge on any atom is 0.329 e. The van der Waals surface area contributed by atoms with E-state index in [4.69, 9.17) is 20.6 Å². The van der Waals surface area contributed by atoms with Crippen molar-refractivity contribution in [3.05, 3.63) is 65.7 Å². The molecule has 2 aromatic carbocycles. The Morgan fingerprint density at radius 2 is 1.70 bits per heavy atom. The molecule has 2 amide bonds. The van der Waals surface area contributed by atoms with Crippen molar-refractivity contribution in [1.82, 2.24) is 15.5 Å². The van der Waals surface area contributed by atoms with Crippen LogP contribution >= 0.6 is 0 Å². The SMILES string of the molecule is C#CC[C@H](NC(=O)CN1CCOCC1)C(=O)N[C@@H](Cc1ccc(OC)cc1)C(=O)OCc1ccccc1. The molecule has 37 heavy (non-hydrogen) atoms. The second-order valence-electron chi connectivity index (χ2n) is 8.62. The molecule has 1 aliphatic rings. The predicted molar refractivity (Wildman–Crippen MR) is 138 cm³/mol. The van der Waals surface area contributed by atoms with E-state index in [-0.39, 0.29) is 31.9 Å². The minimum absolute atomic E-state index is 0.0188. The van der Waals surface area contributed by atoms with Gasteiger partial charge in [-0.25, -0.2) is 4.79 Å². The van der Waals surface area contributed by atoms with E-state index in [9.17, 15) is 14.4 Å². The largest absolute Gasteiger partial charge is 0.497 e. The molecule has 0 aliphatic carbocycles. The summed E-state index contributed by atoms with van der Waals surface area (Å²) >= 11 is 0. The van der Waals surface area contributed by atoms with Gasteiger partial charge in [-0.2, -0.15) is 0 Å². The number of ether oxygens (including phenoxy) is 3. The van der Waals surface area contributed by atoms with Crippen LogP contribution in [-0.2, 0) is 36.9 Å². The average molecular weight is 508 g/mol. The van der Waals surface area contributed by atoms with Gasteiger partial charge >= 0.3 is 5.97 Å². The Bertz CT molecular complexity index is 1060. The third-order valence-corrected chi connectivity index (χ3v) is 5.87. The maximum absolute atomic E-state index is 13.2. The van der Waals surface area contributed by atoms with Crippen molar-refractivity contribution in [2.24, 2.45) is 0 Å². The number of nitrogens with one attached hydrogen (secondary N) is 2. The van der Waals surface area contributed by atoms with E-state index in [0.29, 0.717) is 32.1 Å². The van der Waals surface area contributed by atoms with Gasteiger partial charge in [0.05, 0.1) is 26.9 Å². The number of rotatable bonds is 12. The van der Waals surface area contributed by atoms with Crippen LogP contribution in [0.4, 0.5) is 0 Å². The smallest absolute Gasteiger partial charge is 0.329 e. The molecule has 2 N–H and O–H groups in total. The first-order valence-corrected chi connectivity index (χ1v) is 12.1. The standard InChI is InChI=1S/C28H33N3O6/c1-3-7-24(29-26(32)19-31-14-16-36-17-15-31)27(33)30-25(18-21-10-12-23(35-2)13-11-21)28(34)37-20-22-8-5-4-6-9-22/h1,4-6,8-13,24-25H,7,14-20H2,2H3,(H,29,32)(H,30,33)/t24-,25-/m0/s1. The van der Waals surface area contributed by atoms with Crippen molar-refractivity contribution < 1.29 is 28.6 Å². The summed E-state index contributed by atoms with van der Waals surface area (Å²) < 4.78 is 16.0. The third-order valence-electron chi connectivity index (χ3n) is 5.87. The summed E-state index contributed by atoms with van der Waals surface area (Å²) in [6.07, 6.45) is 5.64. The van der Waals surface area contributed by atoms with Crippen LogP contribution in [-0.4, -0.2) is 74.7 Å². The number of benzene rings is 2. The van der Waals surface area contributed by atoms with Gasteiger partial charge < -0.3 is 24.8 Å². The molecular weight excluding hydrogens is 474 g/mol. The molecule has 0 spiro atoms. The van der Waals surface area contributed by atoms with Crippen molar-refractivity contribution >= 4 is 17.8 Å². The second-order valence-corrected chi connectivity index (χ2v) is 8.62. The molecule has 2 aromatic rings. The zero-order valence-corrected chi connectivity index (χ0v) is 21.0. The van der Waals surface area contributed by atoms with E-state index in [1.807, 2.05) is 47.4 Å². The van der Waals surface area contributed by atoms with E-state index in [0.717, 1.165) is 11.1 Å². The summed E-state index contributed by atoms with van der Waals surface area (Å²) in [7, 11) is 1.57. The Kier molecular flexibility index (Phi) is 11.0. The number of amides is 2. The minimum Gasteiger partial charge on any atom is -0.497 e. The summed E-state index contributed by atoms with van der Waals surface area (Å²) in [5.74, 6) is 1.64. The first kappa shape index (κ1) is 27.7. The summed E-state index contributed by atoms with van der Waals surface area (Å²) in [6.45, 7) is 2.58. The number of carbonyl (C=O) groups excluding carboxylic acids is 3. The van der Waals surface area contributed by atoms with Crippen LogP contribution in [0.1, 0.15) is 17.5 Å². The molecule has 9 nitrogen and oxygen atoms in total. The van der Waals surface area contributed by atoms with Gasteiger partial charge in [-0.05, 0) is 23.3 Å². The molecule has 0 aromatic heterocycles. The van der Waals surface area contributed by atoms with Crippen LogP contribution in [0.3, 0.4) is 0 Å². The Morgan fingerprint density at radius 1 is 1.00 bits per heavy atom. The molecule has 1 aliphatic heterocycles. The lowest BCUT2D eigenvalue weighted by Gasteiger charge is -2.27. The number of hydrogen-bond acceptors (Lipinski definition) is 7. The average Bonchev–Trinajstić information content (AvgIpc) is 2.92. The van der Waals surface area contributed by atoms with Gasteiger partial charge in [0.15, 0.2) is 0 Å². The maximum atomic E-state index is 13.2.